The topological polar surface area (TPSA) is 23.5 Å². The summed E-state index contributed by atoms with van der Waals surface area (Å²) in [5.74, 6) is 0. The smallest absolute Gasteiger partial charge is 0.0681 e. The van der Waals surface area contributed by atoms with Gasteiger partial charge in [-0.3, -0.25) is 4.90 Å². The molecule has 2 rings (SSSR count). The minimum absolute atomic E-state index is 0.154. The highest BCUT2D eigenvalue weighted by Gasteiger charge is 2.17. The van der Waals surface area contributed by atoms with E-state index in [0.29, 0.717) is 6.04 Å². The Morgan fingerprint density at radius 2 is 2.13 bits per heavy atom. The van der Waals surface area contributed by atoms with E-state index in [1.54, 1.807) is 0 Å². The van der Waals surface area contributed by atoms with Crippen molar-refractivity contribution in [3.05, 3.63) is 34.9 Å². The van der Waals surface area contributed by atoms with Gasteiger partial charge in [-0.1, -0.05) is 18.2 Å². The van der Waals surface area contributed by atoms with Crippen molar-refractivity contribution in [1.82, 2.24) is 4.90 Å². The van der Waals surface area contributed by atoms with Gasteiger partial charge in [0.25, 0.3) is 0 Å². The second-order valence-electron chi connectivity index (χ2n) is 4.58. The highest BCUT2D eigenvalue weighted by atomic mass is 16.3. The molecule has 15 heavy (non-hydrogen) atoms. The summed E-state index contributed by atoms with van der Waals surface area (Å²) in [6, 6.07) is 6.96. The number of hydrogen-bond donors (Lipinski definition) is 1. The molecule has 82 valence electrons. The Bertz CT molecular complexity index is 346. The Kier molecular flexibility index (Phi) is 3.08. The Hall–Kier alpha value is -0.860. The third-order valence-electron chi connectivity index (χ3n) is 3.23. The van der Waals surface area contributed by atoms with Crippen LogP contribution in [0, 0.1) is 0 Å². The van der Waals surface area contributed by atoms with E-state index in [1.165, 1.54) is 11.1 Å². The molecule has 0 aromatic heterocycles. The van der Waals surface area contributed by atoms with Gasteiger partial charge in [0.2, 0.25) is 0 Å². The average molecular weight is 205 g/mol. The van der Waals surface area contributed by atoms with Gasteiger partial charge in [-0.2, -0.15) is 0 Å². The molecule has 2 heteroatoms. The van der Waals surface area contributed by atoms with Crippen molar-refractivity contribution in [1.29, 1.82) is 0 Å². The first kappa shape index (κ1) is 10.7. The van der Waals surface area contributed by atoms with Crippen molar-refractivity contribution in [2.45, 2.75) is 39.5 Å². The first-order valence-corrected chi connectivity index (χ1v) is 5.66. The average Bonchev–Trinajstić information content (AvgIpc) is 2.27. The first-order valence-electron chi connectivity index (χ1n) is 5.66. The second kappa shape index (κ2) is 4.33. The number of hydrogen-bond acceptors (Lipinski definition) is 2. The van der Waals surface area contributed by atoms with Crippen molar-refractivity contribution >= 4 is 0 Å². The van der Waals surface area contributed by atoms with Crippen molar-refractivity contribution in [3.8, 4) is 0 Å². The lowest BCUT2D eigenvalue weighted by atomic mass is 9.97. The number of benzene rings is 1. The van der Waals surface area contributed by atoms with Gasteiger partial charge >= 0.3 is 0 Å². The summed E-state index contributed by atoms with van der Waals surface area (Å²) >= 11 is 0. The molecular weight excluding hydrogens is 186 g/mol. The maximum atomic E-state index is 9.07. The van der Waals surface area contributed by atoms with Crippen LogP contribution in [0.5, 0.6) is 0 Å². The Morgan fingerprint density at radius 1 is 1.33 bits per heavy atom. The van der Waals surface area contributed by atoms with Gasteiger partial charge < -0.3 is 5.11 Å². The monoisotopic (exact) mass is 205 g/mol. The summed E-state index contributed by atoms with van der Waals surface area (Å²) in [5, 5.41) is 9.07. The molecule has 0 radical (unpaired) electrons. The fourth-order valence-electron chi connectivity index (χ4n) is 2.17. The largest absolute Gasteiger partial charge is 0.392 e. The molecule has 2 nitrogen and oxygen atoms in total. The van der Waals surface area contributed by atoms with Crippen LogP contribution in [0.15, 0.2) is 18.2 Å². The molecule has 1 aliphatic rings. The van der Waals surface area contributed by atoms with E-state index in [0.717, 1.165) is 25.1 Å². The third-order valence-corrected chi connectivity index (χ3v) is 3.23. The minimum atomic E-state index is 0.154. The summed E-state index contributed by atoms with van der Waals surface area (Å²) in [6.45, 7) is 6.83. The van der Waals surface area contributed by atoms with Crippen LogP contribution < -0.4 is 0 Å². The summed E-state index contributed by atoms with van der Waals surface area (Å²) in [7, 11) is 0. The van der Waals surface area contributed by atoms with Crippen molar-refractivity contribution < 1.29 is 5.11 Å². The molecule has 0 saturated heterocycles. The normalized spacial score (nSPS) is 16.8. The lowest BCUT2D eigenvalue weighted by Gasteiger charge is -2.32. The van der Waals surface area contributed by atoms with E-state index in [1.807, 2.05) is 6.07 Å². The van der Waals surface area contributed by atoms with Gasteiger partial charge in [-0.05, 0) is 37.0 Å². The maximum absolute atomic E-state index is 9.07. The molecule has 0 aliphatic carbocycles. The third kappa shape index (κ3) is 2.21. The van der Waals surface area contributed by atoms with Crippen LogP contribution in [0.3, 0.4) is 0 Å². The molecular formula is C13H19NO. The van der Waals surface area contributed by atoms with E-state index < -0.39 is 0 Å². The van der Waals surface area contributed by atoms with Crippen LogP contribution in [0.4, 0.5) is 0 Å². The SMILES string of the molecule is CC(C)N1CCc2cc(CO)ccc2C1. The number of aliphatic hydroxyl groups excluding tert-OH is 1. The van der Waals surface area contributed by atoms with Gasteiger partial charge in [0, 0.05) is 19.1 Å². The van der Waals surface area contributed by atoms with Crippen molar-refractivity contribution in [3.63, 3.8) is 0 Å². The van der Waals surface area contributed by atoms with Crippen LogP contribution in [0.2, 0.25) is 0 Å². The fourth-order valence-corrected chi connectivity index (χ4v) is 2.17. The standard InChI is InChI=1S/C13H19NO/c1-10(2)14-6-5-12-7-11(9-15)3-4-13(12)8-14/h3-4,7,10,15H,5-6,8-9H2,1-2H3. The molecule has 0 spiro atoms. The van der Waals surface area contributed by atoms with E-state index in [-0.39, 0.29) is 6.61 Å². The van der Waals surface area contributed by atoms with E-state index >= 15 is 0 Å². The second-order valence-corrected chi connectivity index (χ2v) is 4.58. The summed E-state index contributed by atoms with van der Waals surface area (Å²) in [5.41, 5.74) is 3.87. The summed E-state index contributed by atoms with van der Waals surface area (Å²) in [6.07, 6.45) is 1.11. The number of aliphatic hydroxyl groups is 1. The Morgan fingerprint density at radius 3 is 2.80 bits per heavy atom. The molecule has 0 saturated carbocycles. The van der Waals surface area contributed by atoms with Crippen LogP contribution in [-0.4, -0.2) is 22.6 Å². The van der Waals surface area contributed by atoms with Gasteiger partial charge in [0.15, 0.2) is 0 Å². The molecule has 0 bridgehead atoms. The Balaban J connectivity index is 2.21. The number of nitrogens with zero attached hydrogens (tertiary/aromatic N) is 1. The van der Waals surface area contributed by atoms with E-state index in [9.17, 15) is 0 Å². The zero-order chi connectivity index (χ0) is 10.8. The van der Waals surface area contributed by atoms with Gasteiger partial charge in [0.1, 0.15) is 0 Å². The molecule has 1 heterocycles. The summed E-state index contributed by atoms with van der Waals surface area (Å²) < 4.78 is 0. The van der Waals surface area contributed by atoms with Crippen LogP contribution in [0.1, 0.15) is 30.5 Å². The number of fused-ring (bicyclic) bond motifs is 1. The Labute approximate surface area is 91.5 Å². The molecule has 1 aromatic rings. The van der Waals surface area contributed by atoms with E-state index in [2.05, 4.69) is 30.9 Å². The van der Waals surface area contributed by atoms with Crippen LogP contribution in [-0.2, 0) is 19.6 Å². The number of rotatable bonds is 2. The lowest BCUT2D eigenvalue weighted by molar-refractivity contribution is 0.203. The van der Waals surface area contributed by atoms with Crippen molar-refractivity contribution in [2.24, 2.45) is 0 Å². The molecule has 0 fully saturated rings. The van der Waals surface area contributed by atoms with Gasteiger partial charge in [-0.15, -0.1) is 0 Å². The fraction of sp³-hybridized carbons (Fsp3) is 0.538. The zero-order valence-corrected chi connectivity index (χ0v) is 9.53. The van der Waals surface area contributed by atoms with Gasteiger partial charge in [-0.25, -0.2) is 0 Å². The highest BCUT2D eigenvalue weighted by molar-refractivity contribution is 5.33. The molecule has 0 unspecified atom stereocenters. The predicted molar refractivity (Wildman–Crippen MR) is 61.6 cm³/mol. The molecule has 1 aliphatic heterocycles. The molecule has 1 aromatic carbocycles. The zero-order valence-electron chi connectivity index (χ0n) is 9.53. The first-order chi connectivity index (χ1) is 7.20. The highest BCUT2D eigenvalue weighted by Crippen LogP contribution is 2.21. The van der Waals surface area contributed by atoms with Crippen LogP contribution in [0.25, 0.3) is 0 Å². The predicted octanol–water partition coefficient (Wildman–Crippen LogP) is 1.95. The maximum Gasteiger partial charge on any atom is 0.0681 e. The molecule has 1 N–H and O–H groups in total. The lowest BCUT2D eigenvalue weighted by Crippen LogP contribution is -2.35. The molecule has 0 amide bonds. The van der Waals surface area contributed by atoms with Crippen LogP contribution >= 0.6 is 0 Å². The summed E-state index contributed by atoms with van der Waals surface area (Å²) in [4.78, 5) is 2.49. The quantitative estimate of drug-likeness (QED) is 0.797. The van der Waals surface area contributed by atoms with Gasteiger partial charge in [0.05, 0.1) is 6.61 Å². The molecule has 0 atom stereocenters. The minimum Gasteiger partial charge on any atom is -0.392 e. The van der Waals surface area contributed by atoms with E-state index in [4.69, 9.17) is 5.11 Å². The van der Waals surface area contributed by atoms with Crippen molar-refractivity contribution in [2.75, 3.05) is 6.54 Å².